The quantitative estimate of drug-likeness (QED) is 0.922. The van der Waals surface area contributed by atoms with Gasteiger partial charge >= 0.3 is 0 Å². The van der Waals surface area contributed by atoms with Gasteiger partial charge in [0.2, 0.25) is 0 Å². The largest absolute Gasteiger partial charge is 0.497 e. The van der Waals surface area contributed by atoms with Gasteiger partial charge in [-0.15, -0.1) is 0 Å². The van der Waals surface area contributed by atoms with Crippen molar-refractivity contribution < 1.29 is 19.0 Å². The minimum Gasteiger partial charge on any atom is -0.497 e. The van der Waals surface area contributed by atoms with Crippen molar-refractivity contribution in [3.8, 4) is 5.75 Å². The molecule has 1 amide bonds. The monoisotopic (exact) mass is 316 g/mol. The number of rotatable bonds is 2. The molecule has 1 aromatic heterocycles. The highest BCUT2D eigenvalue weighted by atomic mass is 16.7. The Bertz CT molecular complexity index is 723. The highest BCUT2D eigenvalue weighted by Crippen LogP contribution is 2.32. The molecule has 1 N–H and O–H groups in total. The van der Waals surface area contributed by atoms with Crippen LogP contribution >= 0.6 is 0 Å². The van der Waals surface area contributed by atoms with Gasteiger partial charge in [0.15, 0.2) is 5.79 Å². The molecule has 1 aromatic carbocycles. The van der Waals surface area contributed by atoms with Crippen LogP contribution in [0.2, 0.25) is 0 Å². The Kier molecular flexibility index (Phi) is 3.50. The van der Waals surface area contributed by atoms with Crippen LogP contribution in [0.4, 0.5) is 0 Å². The average Bonchev–Trinajstić information content (AvgIpc) is 3.21. The van der Waals surface area contributed by atoms with Crippen LogP contribution in [0.3, 0.4) is 0 Å². The number of ether oxygens (including phenoxy) is 3. The second kappa shape index (κ2) is 5.54. The molecule has 2 aliphatic rings. The third-order valence-corrected chi connectivity index (χ3v) is 4.75. The summed E-state index contributed by atoms with van der Waals surface area (Å²) in [6.45, 7) is 2.61. The maximum absolute atomic E-state index is 12.8. The van der Waals surface area contributed by atoms with Crippen LogP contribution in [0.5, 0.6) is 5.75 Å². The minimum atomic E-state index is -0.454. The number of methoxy groups -OCH3 is 1. The lowest BCUT2D eigenvalue weighted by atomic mass is 10.0. The van der Waals surface area contributed by atoms with Gasteiger partial charge in [-0.1, -0.05) is 0 Å². The van der Waals surface area contributed by atoms with E-state index in [0.29, 0.717) is 31.9 Å². The Morgan fingerprint density at radius 2 is 2.00 bits per heavy atom. The smallest absolute Gasteiger partial charge is 0.256 e. The van der Waals surface area contributed by atoms with Crippen molar-refractivity contribution in [1.29, 1.82) is 0 Å². The number of nitrogens with one attached hydrogen (secondary N) is 1. The number of aromatic amines is 1. The summed E-state index contributed by atoms with van der Waals surface area (Å²) in [5.74, 6) is 0.368. The highest BCUT2D eigenvalue weighted by molar-refractivity contribution is 6.07. The number of fused-ring (bicyclic) bond motifs is 1. The van der Waals surface area contributed by atoms with Gasteiger partial charge < -0.3 is 24.1 Å². The van der Waals surface area contributed by atoms with E-state index in [1.54, 1.807) is 13.3 Å². The first-order valence-corrected chi connectivity index (χ1v) is 7.93. The standard InChI is InChI=1S/C17H20N2O4/c1-21-12-2-3-13-14(11-18-15(13)10-12)16(20)19-6-4-17(5-7-19)22-8-9-23-17/h2-3,10-11,18H,4-9H2,1H3. The Hall–Kier alpha value is -2.05. The summed E-state index contributed by atoms with van der Waals surface area (Å²) < 4.78 is 16.7. The minimum absolute atomic E-state index is 0.0502. The summed E-state index contributed by atoms with van der Waals surface area (Å²) in [5.41, 5.74) is 1.61. The Labute approximate surface area is 134 Å². The zero-order valence-electron chi connectivity index (χ0n) is 13.1. The van der Waals surface area contributed by atoms with Crippen LogP contribution in [-0.2, 0) is 9.47 Å². The van der Waals surface area contributed by atoms with E-state index in [1.807, 2.05) is 23.1 Å². The molecule has 2 aliphatic heterocycles. The van der Waals surface area contributed by atoms with E-state index in [0.717, 1.165) is 29.5 Å². The van der Waals surface area contributed by atoms with Gasteiger partial charge in [0.1, 0.15) is 5.75 Å². The number of benzene rings is 1. The molecule has 6 heteroatoms. The summed E-state index contributed by atoms with van der Waals surface area (Å²) in [6, 6.07) is 5.70. The first-order chi connectivity index (χ1) is 11.2. The molecule has 3 heterocycles. The molecule has 2 fully saturated rings. The van der Waals surface area contributed by atoms with Crippen molar-refractivity contribution in [2.45, 2.75) is 18.6 Å². The number of H-pyrrole nitrogens is 1. The number of hydrogen-bond donors (Lipinski definition) is 1. The normalized spacial score (nSPS) is 20.3. The first kappa shape index (κ1) is 14.5. The van der Waals surface area contributed by atoms with E-state index in [-0.39, 0.29) is 5.91 Å². The van der Waals surface area contributed by atoms with E-state index in [2.05, 4.69) is 4.98 Å². The Morgan fingerprint density at radius 3 is 2.70 bits per heavy atom. The second-order valence-corrected chi connectivity index (χ2v) is 6.01. The number of likely N-dealkylation sites (tertiary alicyclic amines) is 1. The molecule has 0 unspecified atom stereocenters. The third-order valence-electron chi connectivity index (χ3n) is 4.75. The second-order valence-electron chi connectivity index (χ2n) is 6.01. The molecule has 6 nitrogen and oxygen atoms in total. The van der Waals surface area contributed by atoms with Crippen molar-refractivity contribution in [3.63, 3.8) is 0 Å². The van der Waals surface area contributed by atoms with E-state index in [9.17, 15) is 4.79 Å². The summed E-state index contributed by atoms with van der Waals surface area (Å²) >= 11 is 0. The van der Waals surface area contributed by atoms with Gasteiger partial charge in [-0.3, -0.25) is 4.79 Å². The lowest BCUT2D eigenvalue weighted by Crippen LogP contribution is -2.47. The van der Waals surface area contributed by atoms with E-state index < -0.39 is 5.79 Å². The van der Waals surface area contributed by atoms with E-state index >= 15 is 0 Å². The zero-order valence-corrected chi connectivity index (χ0v) is 13.1. The third kappa shape index (κ3) is 2.48. The maximum atomic E-state index is 12.8. The molecule has 2 saturated heterocycles. The molecule has 0 saturated carbocycles. The fourth-order valence-electron chi connectivity index (χ4n) is 3.42. The molecule has 122 valence electrons. The first-order valence-electron chi connectivity index (χ1n) is 7.93. The molecule has 0 aliphatic carbocycles. The van der Waals surface area contributed by atoms with Crippen molar-refractivity contribution in [2.75, 3.05) is 33.4 Å². The lowest BCUT2D eigenvalue weighted by Gasteiger charge is -2.37. The van der Waals surface area contributed by atoms with Crippen LogP contribution < -0.4 is 4.74 Å². The predicted molar refractivity (Wildman–Crippen MR) is 84.6 cm³/mol. The number of nitrogens with zero attached hydrogens (tertiary/aromatic N) is 1. The molecule has 4 rings (SSSR count). The topological polar surface area (TPSA) is 63.8 Å². The van der Waals surface area contributed by atoms with Crippen LogP contribution in [0.15, 0.2) is 24.4 Å². The molecule has 1 spiro atoms. The SMILES string of the molecule is COc1ccc2c(C(=O)N3CCC4(CC3)OCCO4)c[nH]c2c1. The number of hydrogen-bond acceptors (Lipinski definition) is 4. The van der Waals surface area contributed by atoms with Gasteiger partial charge in [-0.05, 0) is 12.1 Å². The van der Waals surface area contributed by atoms with Crippen molar-refractivity contribution in [3.05, 3.63) is 30.0 Å². The summed E-state index contributed by atoms with van der Waals surface area (Å²) in [4.78, 5) is 17.9. The van der Waals surface area contributed by atoms with E-state index in [1.165, 1.54) is 0 Å². The summed E-state index contributed by atoms with van der Waals surface area (Å²) in [6.07, 6.45) is 3.24. The molecular formula is C17H20N2O4. The number of aromatic nitrogens is 1. The van der Waals surface area contributed by atoms with Crippen LogP contribution in [0.1, 0.15) is 23.2 Å². The van der Waals surface area contributed by atoms with Gasteiger partial charge in [-0.2, -0.15) is 0 Å². The van der Waals surface area contributed by atoms with E-state index in [4.69, 9.17) is 14.2 Å². The van der Waals surface area contributed by atoms with Gasteiger partial charge in [0, 0.05) is 49.1 Å². The van der Waals surface area contributed by atoms with Crippen molar-refractivity contribution in [2.24, 2.45) is 0 Å². The van der Waals surface area contributed by atoms with Crippen LogP contribution in [0, 0.1) is 0 Å². The molecular weight excluding hydrogens is 296 g/mol. The summed E-state index contributed by atoms with van der Waals surface area (Å²) in [7, 11) is 1.63. The molecule has 2 aromatic rings. The van der Waals surface area contributed by atoms with Crippen LogP contribution in [0.25, 0.3) is 10.9 Å². The molecule has 0 bridgehead atoms. The van der Waals surface area contributed by atoms with Crippen molar-refractivity contribution >= 4 is 16.8 Å². The van der Waals surface area contributed by atoms with Crippen LogP contribution in [-0.4, -0.2) is 55.0 Å². The Balaban J connectivity index is 1.53. The van der Waals surface area contributed by atoms with Gasteiger partial charge in [0.25, 0.3) is 5.91 Å². The fourth-order valence-corrected chi connectivity index (χ4v) is 3.42. The number of carbonyl (C=O) groups excluding carboxylic acids is 1. The molecule has 0 atom stereocenters. The lowest BCUT2D eigenvalue weighted by molar-refractivity contribution is -0.181. The fraction of sp³-hybridized carbons (Fsp3) is 0.471. The van der Waals surface area contributed by atoms with Gasteiger partial charge in [-0.25, -0.2) is 0 Å². The maximum Gasteiger partial charge on any atom is 0.256 e. The average molecular weight is 316 g/mol. The molecule has 0 radical (unpaired) electrons. The van der Waals surface area contributed by atoms with Gasteiger partial charge in [0.05, 0.1) is 25.9 Å². The number of amides is 1. The summed E-state index contributed by atoms with van der Waals surface area (Å²) in [5, 5.41) is 0.921. The highest BCUT2D eigenvalue weighted by Gasteiger charge is 2.41. The predicted octanol–water partition coefficient (Wildman–Crippen LogP) is 2.16. The number of piperidine rings is 1. The Morgan fingerprint density at radius 1 is 1.26 bits per heavy atom. The van der Waals surface area contributed by atoms with Crippen molar-refractivity contribution in [1.82, 2.24) is 9.88 Å². The number of carbonyl (C=O) groups is 1. The zero-order chi connectivity index (χ0) is 15.9. The molecule has 23 heavy (non-hydrogen) atoms.